The number of hydrogen-bond acceptors (Lipinski definition) is 4. The zero-order valence-electron chi connectivity index (χ0n) is 20.9. The number of amides is 4. The van der Waals surface area contributed by atoms with Crippen molar-refractivity contribution in [3.63, 3.8) is 0 Å². The van der Waals surface area contributed by atoms with Gasteiger partial charge < -0.3 is 15.1 Å². The number of nitrogens with zero attached hydrogens (tertiary/aromatic N) is 3. The van der Waals surface area contributed by atoms with Gasteiger partial charge in [0.25, 0.3) is 17.7 Å². The van der Waals surface area contributed by atoms with Gasteiger partial charge in [-0.3, -0.25) is 24.1 Å². The second-order valence-corrected chi connectivity index (χ2v) is 8.84. The topological polar surface area (TPSA) is 90.0 Å². The maximum atomic E-state index is 13.2. The second kappa shape index (κ2) is 9.81. The normalized spacial score (nSPS) is 13.8. The first kappa shape index (κ1) is 24.9. The van der Waals surface area contributed by atoms with Crippen LogP contribution >= 0.6 is 0 Å². The second-order valence-electron chi connectivity index (χ2n) is 8.84. The van der Waals surface area contributed by atoms with E-state index < -0.39 is 5.91 Å². The molecule has 2 heterocycles. The van der Waals surface area contributed by atoms with Crippen LogP contribution in [0.15, 0.2) is 61.0 Å². The highest BCUT2D eigenvalue weighted by Gasteiger charge is 2.34. The third-order valence-electron chi connectivity index (χ3n) is 6.80. The van der Waals surface area contributed by atoms with Gasteiger partial charge in [-0.1, -0.05) is 31.4 Å². The number of hydrogen-bond donors (Lipinski definition) is 1. The molecule has 4 amide bonds. The zero-order valence-corrected chi connectivity index (χ0v) is 20.9. The van der Waals surface area contributed by atoms with Crippen LogP contribution in [0.4, 0.5) is 5.69 Å². The summed E-state index contributed by atoms with van der Waals surface area (Å²) in [6, 6.07) is 11.5. The van der Waals surface area contributed by atoms with Crippen molar-refractivity contribution >= 4 is 29.3 Å². The Bertz CT molecular complexity index is 1310. The molecule has 2 aromatic carbocycles. The summed E-state index contributed by atoms with van der Waals surface area (Å²) in [5, 5.41) is 2.49. The third-order valence-corrected chi connectivity index (χ3v) is 6.80. The van der Waals surface area contributed by atoms with Crippen molar-refractivity contribution in [1.29, 1.82) is 0 Å². The minimum absolute atomic E-state index is 0.0154. The van der Waals surface area contributed by atoms with E-state index in [-0.39, 0.29) is 35.7 Å². The average molecular weight is 487 g/mol. The molecule has 2 aliphatic rings. The van der Waals surface area contributed by atoms with Crippen molar-refractivity contribution in [2.24, 2.45) is 0 Å². The monoisotopic (exact) mass is 486 g/mol. The van der Waals surface area contributed by atoms with Crippen LogP contribution in [0.1, 0.15) is 42.3 Å². The summed E-state index contributed by atoms with van der Waals surface area (Å²) in [6.07, 6.45) is 0.774. The minimum atomic E-state index is -0.648. The van der Waals surface area contributed by atoms with Crippen LogP contribution < -0.4 is 10.2 Å². The Labute approximate surface area is 210 Å². The van der Waals surface area contributed by atoms with Crippen LogP contribution in [0.2, 0.25) is 0 Å². The van der Waals surface area contributed by atoms with E-state index >= 15 is 0 Å². The van der Waals surface area contributed by atoms with Gasteiger partial charge in [-0.15, -0.1) is 0 Å². The summed E-state index contributed by atoms with van der Waals surface area (Å²) in [5.41, 5.74) is 5.03. The molecule has 4 rings (SSSR count). The first-order valence-electron chi connectivity index (χ1n) is 12.0. The SMILES string of the molecule is C=C(NC(=O)C(=C)N1Cc2c(cccc2-c2ccc3c(c2)CCN3C(C)=O)C1=O)C(=O)N(CC)CC. The number of benzene rings is 2. The lowest BCUT2D eigenvalue weighted by atomic mass is 9.95. The molecule has 0 saturated carbocycles. The molecule has 0 spiro atoms. The number of carbonyl (C=O) groups is 4. The van der Waals surface area contributed by atoms with Crippen molar-refractivity contribution in [2.45, 2.75) is 33.7 Å². The Morgan fingerprint density at radius 3 is 2.39 bits per heavy atom. The van der Waals surface area contributed by atoms with Crippen molar-refractivity contribution in [3.8, 4) is 11.1 Å². The highest BCUT2D eigenvalue weighted by atomic mass is 16.2. The summed E-state index contributed by atoms with van der Waals surface area (Å²) in [7, 11) is 0. The Hall–Kier alpha value is -4.20. The van der Waals surface area contributed by atoms with E-state index in [4.69, 9.17) is 0 Å². The summed E-state index contributed by atoms with van der Waals surface area (Å²) in [4.78, 5) is 55.0. The maximum Gasteiger partial charge on any atom is 0.271 e. The Morgan fingerprint density at radius 1 is 1.03 bits per heavy atom. The van der Waals surface area contributed by atoms with Crippen LogP contribution in [0.25, 0.3) is 11.1 Å². The lowest BCUT2D eigenvalue weighted by Crippen LogP contribution is -2.40. The van der Waals surface area contributed by atoms with Crippen molar-refractivity contribution < 1.29 is 19.2 Å². The van der Waals surface area contributed by atoms with Crippen LogP contribution in [-0.2, 0) is 27.3 Å². The van der Waals surface area contributed by atoms with Gasteiger partial charge in [0.2, 0.25) is 5.91 Å². The summed E-state index contributed by atoms with van der Waals surface area (Å²) >= 11 is 0. The van der Waals surface area contributed by atoms with Crippen LogP contribution in [0.5, 0.6) is 0 Å². The third kappa shape index (κ3) is 4.30. The number of anilines is 1. The van der Waals surface area contributed by atoms with Gasteiger partial charge >= 0.3 is 0 Å². The lowest BCUT2D eigenvalue weighted by molar-refractivity contribution is -0.129. The quantitative estimate of drug-likeness (QED) is 0.609. The molecule has 186 valence electrons. The predicted molar refractivity (Wildman–Crippen MR) is 138 cm³/mol. The van der Waals surface area contributed by atoms with Gasteiger partial charge in [-0.05, 0) is 60.7 Å². The van der Waals surface area contributed by atoms with Gasteiger partial charge in [-0.25, -0.2) is 0 Å². The smallest absolute Gasteiger partial charge is 0.271 e. The van der Waals surface area contributed by atoms with Crippen molar-refractivity contribution in [2.75, 3.05) is 24.5 Å². The molecule has 8 nitrogen and oxygen atoms in total. The molecule has 1 N–H and O–H groups in total. The Balaban J connectivity index is 1.55. The number of likely N-dealkylation sites (N-methyl/N-ethyl adjacent to an activating group) is 1. The molecule has 0 radical (unpaired) electrons. The molecule has 0 aromatic heterocycles. The molecular formula is C28H30N4O4. The van der Waals surface area contributed by atoms with E-state index in [2.05, 4.69) is 24.5 Å². The highest BCUT2D eigenvalue weighted by molar-refractivity contribution is 6.08. The van der Waals surface area contributed by atoms with E-state index in [1.54, 1.807) is 22.8 Å². The maximum absolute atomic E-state index is 13.2. The van der Waals surface area contributed by atoms with Crippen LogP contribution in [0, 0.1) is 0 Å². The van der Waals surface area contributed by atoms with E-state index in [0.29, 0.717) is 25.2 Å². The molecule has 0 aliphatic carbocycles. The van der Waals surface area contributed by atoms with E-state index in [1.807, 2.05) is 38.1 Å². The molecule has 0 atom stereocenters. The first-order valence-corrected chi connectivity index (χ1v) is 12.0. The number of nitrogens with one attached hydrogen (secondary N) is 1. The van der Waals surface area contributed by atoms with Crippen molar-refractivity contribution in [1.82, 2.24) is 15.1 Å². The van der Waals surface area contributed by atoms with Crippen molar-refractivity contribution in [3.05, 3.63) is 77.6 Å². The van der Waals surface area contributed by atoms with E-state index in [9.17, 15) is 19.2 Å². The highest BCUT2D eigenvalue weighted by Crippen LogP contribution is 2.37. The minimum Gasteiger partial charge on any atom is -0.338 e. The van der Waals surface area contributed by atoms with Crippen LogP contribution in [0.3, 0.4) is 0 Å². The van der Waals surface area contributed by atoms with Gasteiger partial charge in [0.05, 0.1) is 12.2 Å². The fraction of sp³-hybridized carbons (Fsp3) is 0.286. The fourth-order valence-electron chi connectivity index (χ4n) is 4.80. The standard InChI is InChI=1S/C28H30N4O4/c1-6-30(7-2)27(35)17(3)29-26(34)18(4)32-16-24-22(9-8-10-23(24)28(32)36)20-11-12-25-21(15-20)13-14-31(25)19(5)33/h8-12,15H,3-4,6-7,13-14,16H2,1-2,5H3,(H,29,34). The molecule has 0 fully saturated rings. The molecule has 36 heavy (non-hydrogen) atoms. The summed E-state index contributed by atoms with van der Waals surface area (Å²) in [5.74, 6) is -1.33. The number of fused-ring (bicyclic) bond motifs is 2. The van der Waals surface area contributed by atoms with Gasteiger partial charge in [-0.2, -0.15) is 0 Å². The molecule has 0 unspecified atom stereocenters. The molecule has 2 aromatic rings. The Kier molecular flexibility index (Phi) is 6.79. The first-order chi connectivity index (χ1) is 17.2. The van der Waals surface area contributed by atoms with Crippen LogP contribution in [-0.4, -0.2) is 53.1 Å². The van der Waals surface area contributed by atoms with Gasteiger partial charge in [0.15, 0.2) is 0 Å². The molecule has 0 saturated heterocycles. The average Bonchev–Trinajstić information content (AvgIpc) is 3.45. The fourth-order valence-corrected chi connectivity index (χ4v) is 4.80. The summed E-state index contributed by atoms with van der Waals surface area (Å²) in [6.45, 7) is 14.6. The molecule has 0 bridgehead atoms. The summed E-state index contributed by atoms with van der Waals surface area (Å²) < 4.78 is 0. The van der Waals surface area contributed by atoms with Gasteiger partial charge in [0, 0.05) is 37.8 Å². The Morgan fingerprint density at radius 2 is 1.72 bits per heavy atom. The van der Waals surface area contributed by atoms with Gasteiger partial charge in [0.1, 0.15) is 5.70 Å². The van der Waals surface area contributed by atoms with E-state index in [0.717, 1.165) is 34.4 Å². The zero-order chi connectivity index (χ0) is 26.1. The number of rotatable bonds is 7. The predicted octanol–water partition coefficient (Wildman–Crippen LogP) is 3.23. The molecule has 2 aliphatic heterocycles. The lowest BCUT2D eigenvalue weighted by Gasteiger charge is -2.22. The van der Waals surface area contributed by atoms with E-state index in [1.165, 1.54) is 4.90 Å². The molecule has 8 heteroatoms. The molecular weight excluding hydrogens is 456 g/mol. The number of carbonyl (C=O) groups excluding carboxylic acids is 4. The largest absolute Gasteiger partial charge is 0.338 e.